The van der Waals surface area contributed by atoms with Crippen LogP contribution in [-0.4, -0.2) is 57.0 Å². The summed E-state index contributed by atoms with van der Waals surface area (Å²) in [6.07, 6.45) is 1.94. The minimum Gasteiger partial charge on any atom is -0.497 e. The van der Waals surface area contributed by atoms with E-state index in [-0.39, 0.29) is 44.2 Å². The van der Waals surface area contributed by atoms with Crippen molar-refractivity contribution in [1.82, 2.24) is 19.8 Å². The number of aromatic nitrogens is 2. The van der Waals surface area contributed by atoms with Crippen molar-refractivity contribution in [3.63, 3.8) is 0 Å². The number of methoxy groups -OCH3 is 1. The maximum absolute atomic E-state index is 13.5. The lowest BCUT2D eigenvalue weighted by molar-refractivity contribution is -0.142. The molecule has 188 valence electrons. The molecule has 1 unspecified atom stereocenters. The van der Waals surface area contributed by atoms with Crippen LogP contribution in [0.25, 0.3) is 0 Å². The smallest absolute Gasteiger partial charge is 0.305 e. The molecule has 0 bridgehead atoms. The van der Waals surface area contributed by atoms with Gasteiger partial charge in [-0.15, -0.1) is 0 Å². The number of aryl methyl sites for hydroxylation is 1. The van der Waals surface area contributed by atoms with Crippen molar-refractivity contribution in [2.24, 2.45) is 0 Å². The normalized spacial score (nSPS) is 14.7. The van der Waals surface area contributed by atoms with E-state index in [1.54, 1.807) is 24.4 Å². The molecule has 1 atom stereocenters. The van der Waals surface area contributed by atoms with Crippen LogP contribution in [-0.2, 0) is 40.3 Å². The number of rotatable bonds is 9. The van der Waals surface area contributed by atoms with Crippen LogP contribution in [0.3, 0.4) is 0 Å². The Morgan fingerprint density at radius 2 is 1.97 bits per heavy atom. The molecule has 0 spiro atoms. The van der Waals surface area contributed by atoms with Crippen molar-refractivity contribution in [2.75, 3.05) is 13.7 Å². The second kappa shape index (κ2) is 11.1. The zero-order valence-electron chi connectivity index (χ0n) is 20.4. The van der Waals surface area contributed by atoms with Gasteiger partial charge in [-0.2, -0.15) is 0 Å². The topological polar surface area (TPSA) is 114 Å². The van der Waals surface area contributed by atoms with Gasteiger partial charge in [0.15, 0.2) is 0 Å². The number of carbonyl (C=O) groups excluding carboxylic acids is 2. The van der Waals surface area contributed by atoms with Gasteiger partial charge >= 0.3 is 5.97 Å². The number of hydrogen-bond donors (Lipinski definition) is 2. The van der Waals surface area contributed by atoms with E-state index in [0.29, 0.717) is 12.3 Å². The van der Waals surface area contributed by atoms with E-state index in [9.17, 15) is 14.4 Å². The summed E-state index contributed by atoms with van der Waals surface area (Å²) in [7, 11) is 1.57. The summed E-state index contributed by atoms with van der Waals surface area (Å²) < 4.78 is 7.30. The van der Waals surface area contributed by atoms with Crippen molar-refractivity contribution >= 4 is 17.8 Å². The first kappa shape index (κ1) is 25.0. The fraction of sp³-hybridized carbons (Fsp3) is 0.333. The number of carboxylic acid groups (broad SMARTS) is 1. The summed E-state index contributed by atoms with van der Waals surface area (Å²) in [6.45, 7) is 2.90. The number of imidazole rings is 1. The Morgan fingerprint density at radius 1 is 1.17 bits per heavy atom. The van der Waals surface area contributed by atoms with Gasteiger partial charge in [0.1, 0.15) is 11.8 Å². The van der Waals surface area contributed by atoms with Gasteiger partial charge in [-0.25, -0.2) is 4.98 Å². The zero-order valence-corrected chi connectivity index (χ0v) is 20.4. The highest BCUT2D eigenvalue weighted by molar-refractivity contribution is 5.89. The van der Waals surface area contributed by atoms with E-state index in [2.05, 4.69) is 29.4 Å². The summed E-state index contributed by atoms with van der Waals surface area (Å²) in [6, 6.07) is 14.6. The summed E-state index contributed by atoms with van der Waals surface area (Å²) in [5, 5.41) is 11.6. The molecule has 0 saturated heterocycles. The molecule has 4 rings (SSSR count). The minimum atomic E-state index is -0.998. The van der Waals surface area contributed by atoms with Crippen molar-refractivity contribution in [3.05, 3.63) is 82.9 Å². The number of fused-ring (bicyclic) bond motifs is 1. The molecule has 0 saturated carbocycles. The Balaban J connectivity index is 1.59. The molecule has 0 radical (unpaired) electrons. The van der Waals surface area contributed by atoms with Gasteiger partial charge in [0, 0.05) is 19.5 Å². The highest BCUT2D eigenvalue weighted by Crippen LogP contribution is 2.25. The molecule has 0 aliphatic carbocycles. The SMILES string of the molecule is COc1cccc(CC(=O)N2Cc3c(ncn3Cc3ccccc3C)CC2C(=O)NCCC(=O)O)c1. The molecule has 3 aromatic rings. The third kappa shape index (κ3) is 5.73. The van der Waals surface area contributed by atoms with Crippen LogP contribution in [0.5, 0.6) is 5.75 Å². The van der Waals surface area contributed by atoms with Crippen LogP contribution in [0.1, 0.15) is 34.5 Å². The number of aliphatic carboxylic acids is 1. The van der Waals surface area contributed by atoms with Gasteiger partial charge in [0.2, 0.25) is 11.8 Å². The lowest BCUT2D eigenvalue weighted by atomic mass is 9.99. The molecule has 2 N–H and O–H groups in total. The number of carboxylic acids is 1. The molecule has 1 aromatic heterocycles. The van der Waals surface area contributed by atoms with E-state index in [1.807, 2.05) is 34.9 Å². The Labute approximate surface area is 209 Å². The minimum absolute atomic E-state index is 0.00281. The monoisotopic (exact) mass is 490 g/mol. The summed E-state index contributed by atoms with van der Waals surface area (Å²) in [5.74, 6) is -0.923. The molecular weight excluding hydrogens is 460 g/mol. The average Bonchev–Trinajstić information content (AvgIpc) is 3.26. The number of nitrogens with zero attached hydrogens (tertiary/aromatic N) is 3. The number of ether oxygens (including phenoxy) is 1. The second-order valence-corrected chi connectivity index (χ2v) is 8.90. The van der Waals surface area contributed by atoms with Crippen LogP contribution >= 0.6 is 0 Å². The number of amides is 2. The Kier molecular flexibility index (Phi) is 7.68. The van der Waals surface area contributed by atoms with Crippen LogP contribution < -0.4 is 10.1 Å². The van der Waals surface area contributed by atoms with Crippen molar-refractivity contribution in [3.8, 4) is 5.75 Å². The quantitative estimate of drug-likeness (QED) is 0.476. The van der Waals surface area contributed by atoms with E-state index in [0.717, 1.165) is 28.1 Å². The molecule has 9 nitrogen and oxygen atoms in total. The summed E-state index contributed by atoms with van der Waals surface area (Å²) in [4.78, 5) is 43.6. The highest BCUT2D eigenvalue weighted by Gasteiger charge is 2.36. The van der Waals surface area contributed by atoms with Gasteiger partial charge in [-0.05, 0) is 35.7 Å². The first-order valence-electron chi connectivity index (χ1n) is 11.8. The van der Waals surface area contributed by atoms with Crippen molar-refractivity contribution in [1.29, 1.82) is 0 Å². The number of benzene rings is 2. The van der Waals surface area contributed by atoms with E-state index >= 15 is 0 Å². The Hall–Kier alpha value is -4.14. The molecule has 1 aliphatic rings. The largest absolute Gasteiger partial charge is 0.497 e. The lowest BCUT2D eigenvalue weighted by Gasteiger charge is -2.35. The first-order chi connectivity index (χ1) is 17.4. The van der Waals surface area contributed by atoms with Crippen LogP contribution in [0.4, 0.5) is 0 Å². The second-order valence-electron chi connectivity index (χ2n) is 8.90. The number of hydrogen-bond acceptors (Lipinski definition) is 5. The van der Waals surface area contributed by atoms with E-state index < -0.39 is 12.0 Å². The van der Waals surface area contributed by atoms with Crippen molar-refractivity contribution < 1.29 is 24.2 Å². The molecular formula is C27H30N4O5. The Bertz CT molecular complexity index is 1270. The molecule has 0 fully saturated rings. The van der Waals surface area contributed by atoms with Crippen LogP contribution in [0, 0.1) is 6.92 Å². The van der Waals surface area contributed by atoms with Gasteiger partial charge in [-0.1, -0.05) is 36.4 Å². The molecule has 9 heteroatoms. The molecule has 2 heterocycles. The van der Waals surface area contributed by atoms with Gasteiger partial charge in [0.05, 0.1) is 44.2 Å². The average molecular weight is 491 g/mol. The molecule has 2 amide bonds. The van der Waals surface area contributed by atoms with E-state index in [1.165, 1.54) is 0 Å². The predicted molar refractivity (Wildman–Crippen MR) is 133 cm³/mol. The van der Waals surface area contributed by atoms with Gasteiger partial charge in [-0.3, -0.25) is 14.4 Å². The van der Waals surface area contributed by atoms with Gasteiger partial charge in [0.25, 0.3) is 0 Å². The molecule has 36 heavy (non-hydrogen) atoms. The van der Waals surface area contributed by atoms with E-state index in [4.69, 9.17) is 9.84 Å². The van der Waals surface area contributed by atoms with Crippen LogP contribution in [0.15, 0.2) is 54.9 Å². The maximum atomic E-state index is 13.5. The molecule has 1 aliphatic heterocycles. The maximum Gasteiger partial charge on any atom is 0.305 e. The van der Waals surface area contributed by atoms with Gasteiger partial charge < -0.3 is 24.6 Å². The number of nitrogens with one attached hydrogen (secondary N) is 1. The fourth-order valence-electron chi connectivity index (χ4n) is 4.44. The fourth-order valence-corrected chi connectivity index (χ4v) is 4.44. The highest BCUT2D eigenvalue weighted by atomic mass is 16.5. The first-order valence-corrected chi connectivity index (χ1v) is 11.8. The lowest BCUT2D eigenvalue weighted by Crippen LogP contribution is -2.53. The summed E-state index contributed by atoms with van der Waals surface area (Å²) >= 11 is 0. The third-order valence-corrected chi connectivity index (χ3v) is 6.47. The standard InChI is InChI=1S/C27H30N4O5/c1-18-6-3-4-8-20(18)15-30-17-29-22-14-23(27(35)28-11-10-26(33)34)31(16-24(22)30)25(32)13-19-7-5-9-21(12-19)36-2/h3-9,12,17,23H,10-11,13-16H2,1-2H3,(H,28,35)(H,33,34). The Morgan fingerprint density at radius 3 is 2.72 bits per heavy atom. The number of carbonyl (C=O) groups is 3. The molecule has 2 aromatic carbocycles. The third-order valence-electron chi connectivity index (χ3n) is 6.47. The summed E-state index contributed by atoms with van der Waals surface area (Å²) in [5.41, 5.74) is 4.76. The van der Waals surface area contributed by atoms with Crippen molar-refractivity contribution in [2.45, 2.75) is 45.3 Å². The predicted octanol–water partition coefficient (Wildman–Crippen LogP) is 2.34. The van der Waals surface area contributed by atoms with Crippen LogP contribution in [0.2, 0.25) is 0 Å². The zero-order chi connectivity index (χ0) is 25.7.